The van der Waals surface area contributed by atoms with E-state index in [1.807, 2.05) is 23.5 Å². The summed E-state index contributed by atoms with van der Waals surface area (Å²) < 4.78 is 5.19. The fourth-order valence-corrected chi connectivity index (χ4v) is 15.5. The summed E-state index contributed by atoms with van der Waals surface area (Å²) in [5.41, 5.74) is 26.5. The lowest BCUT2D eigenvalue weighted by atomic mass is 9.32. The number of nitrogens with zero attached hydrogens (tertiary/aromatic N) is 2. The molecule has 0 saturated carbocycles. The van der Waals surface area contributed by atoms with E-state index >= 15 is 0 Å². The van der Waals surface area contributed by atoms with Crippen molar-refractivity contribution in [1.29, 1.82) is 0 Å². The summed E-state index contributed by atoms with van der Waals surface area (Å²) in [6.07, 6.45) is 0. The van der Waals surface area contributed by atoms with E-state index in [0.717, 1.165) is 0 Å². The summed E-state index contributed by atoms with van der Waals surface area (Å²) in [7, 11) is 0. The summed E-state index contributed by atoms with van der Waals surface area (Å²) >= 11 is 4.00. The molecule has 16 rings (SSSR count). The van der Waals surface area contributed by atoms with Crippen LogP contribution in [0.1, 0.15) is 11.1 Å². The standard InChI is InChI=1S/C62H38B2N2S2/c1-35-24-28-37(29-25-35)42-32-52-57-59-55(42)40-16-6-10-20-48(40)65(59)50-22-12-8-18-44(50)63(57)46-34-47-62(54(61(46)67-52)39-14-4-3-5-15-39)68-53-33-43(38-30-26-36(2)27-31-38)56-41-17-7-11-21-49(41)66-51-23-13-9-19-45(51)64(47)58(53)60(56)66/h3-34H,1-2H3. The smallest absolute Gasteiger partial charge is 0.249 e. The number of hydrogen-bond acceptors (Lipinski definition) is 2. The second-order valence-electron chi connectivity index (χ2n) is 19.2. The van der Waals surface area contributed by atoms with E-state index in [1.165, 1.54) is 152 Å². The van der Waals surface area contributed by atoms with Gasteiger partial charge in [0.1, 0.15) is 0 Å². The summed E-state index contributed by atoms with van der Waals surface area (Å²) in [6, 6.07) is 74.2. The topological polar surface area (TPSA) is 9.86 Å². The first kappa shape index (κ1) is 37.7. The molecule has 0 N–H and O–H groups in total. The monoisotopic (exact) mass is 896 g/mol. The summed E-state index contributed by atoms with van der Waals surface area (Å²) in [6.45, 7) is 4.45. The number of hydrogen-bond donors (Lipinski definition) is 0. The lowest BCUT2D eigenvalue weighted by molar-refractivity contribution is 1.18. The molecule has 68 heavy (non-hydrogen) atoms. The third-order valence-electron chi connectivity index (χ3n) is 15.6. The van der Waals surface area contributed by atoms with Crippen molar-refractivity contribution in [2.75, 3.05) is 0 Å². The van der Waals surface area contributed by atoms with Gasteiger partial charge in [-0.15, -0.1) is 0 Å². The van der Waals surface area contributed by atoms with E-state index in [4.69, 9.17) is 0 Å². The molecule has 0 fully saturated rings. The molecule has 10 aromatic carbocycles. The fourth-order valence-electron chi connectivity index (χ4n) is 12.7. The van der Waals surface area contributed by atoms with Gasteiger partial charge in [0.2, 0.25) is 13.4 Å². The van der Waals surface area contributed by atoms with Crippen LogP contribution >= 0.6 is 23.5 Å². The summed E-state index contributed by atoms with van der Waals surface area (Å²) in [5, 5.41) is 5.30. The zero-order chi connectivity index (χ0) is 44.5. The van der Waals surface area contributed by atoms with Crippen molar-refractivity contribution in [3.63, 3.8) is 0 Å². The number of fused-ring (bicyclic) bond motifs is 16. The molecule has 0 saturated heterocycles. The molecule has 2 aromatic heterocycles. The minimum Gasteiger partial charge on any atom is -0.310 e. The molecule has 6 heteroatoms. The maximum absolute atomic E-state index is 2.68. The van der Waals surface area contributed by atoms with Gasteiger partial charge in [0.25, 0.3) is 0 Å². The van der Waals surface area contributed by atoms with Gasteiger partial charge in [0.05, 0.1) is 22.1 Å². The molecule has 0 unspecified atom stereocenters. The lowest BCUT2D eigenvalue weighted by Crippen LogP contribution is -2.63. The van der Waals surface area contributed by atoms with Gasteiger partial charge in [0, 0.05) is 58.1 Å². The van der Waals surface area contributed by atoms with E-state index < -0.39 is 0 Å². The average Bonchev–Trinajstić information content (AvgIpc) is 3.92. The Morgan fingerprint density at radius 2 is 0.809 bits per heavy atom. The van der Waals surface area contributed by atoms with Gasteiger partial charge in [-0.05, 0) is 99.9 Å². The van der Waals surface area contributed by atoms with E-state index in [0.29, 0.717) is 0 Å². The van der Waals surface area contributed by atoms with Crippen LogP contribution in [0, 0.1) is 13.8 Å². The first-order chi connectivity index (χ1) is 33.6. The highest BCUT2D eigenvalue weighted by Crippen LogP contribution is 2.51. The molecule has 314 valence electrons. The van der Waals surface area contributed by atoms with Crippen LogP contribution in [-0.4, -0.2) is 22.6 Å². The largest absolute Gasteiger partial charge is 0.310 e. The molecule has 4 aliphatic rings. The van der Waals surface area contributed by atoms with Crippen molar-refractivity contribution in [2.45, 2.75) is 33.4 Å². The van der Waals surface area contributed by atoms with Crippen LogP contribution in [0.25, 0.3) is 88.4 Å². The first-order valence-corrected chi connectivity index (χ1v) is 25.4. The second kappa shape index (κ2) is 13.6. The zero-order valence-electron chi connectivity index (χ0n) is 37.3. The minimum atomic E-state index is 0.0391. The first-order valence-electron chi connectivity index (χ1n) is 23.7. The highest BCUT2D eigenvalue weighted by molar-refractivity contribution is 8.01. The predicted octanol–water partition coefficient (Wildman–Crippen LogP) is 12.1. The van der Waals surface area contributed by atoms with Crippen LogP contribution in [0.5, 0.6) is 0 Å². The Morgan fingerprint density at radius 3 is 1.29 bits per heavy atom. The van der Waals surface area contributed by atoms with Crippen molar-refractivity contribution < 1.29 is 0 Å². The van der Waals surface area contributed by atoms with E-state index in [-0.39, 0.29) is 13.4 Å². The van der Waals surface area contributed by atoms with E-state index in [9.17, 15) is 0 Å². The summed E-state index contributed by atoms with van der Waals surface area (Å²) in [4.78, 5) is 5.43. The Balaban J connectivity index is 1.05. The van der Waals surface area contributed by atoms with Crippen LogP contribution in [0.15, 0.2) is 214 Å². The predicted molar refractivity (Wildman–Crippen MR) is 291 cm³/mol. The van der Waals surface area contributed by atoms with Gasteiger partial charge < -0.3 is 9.13 Å². The SMILES string of the molecule is Cc1ccc(-c2cc3c4c5c2c2ccccc2n5-c2ccccc2B4c2cc4c(c(-c5ccccc5)c2S3)Sc2cc(-c3ccc(C)cc3)c3c5ccccc5n5c3c2B4c2ccccc2-5)cc1. The Hall–Kier alpha value is -7.37. The van der Waals surface area contributed by atoms with Gasteiger partial charge in [0.15, 0.2) is 0 Å². The molecule has 4 aliphatic heterocycles. The number of para-hydroxylation sites is 4. The van der Waals surface area contributed by atoms with Gasteiger partial charge in [-0.3, -0.25) is 0 Å². The number of benzene rings is 10. The normalized spacial score (nSPS) is 13.6. The second-order valence-corrected chi connectivity index (χ2v) is 21.3. The van der Waals surface area contributed by atoms with Gasteiger partial charge in [-0.25, -0.2) is 0 Å². The van der Waals surface area contributed by atoms with Crippen LogP contribution in [-0.2, 0) is 0 Å². The highest BCUT2D eigenvalue weighted by atomic mass is 32.2. The molecule has 0 radical (unpaired) electrons. The third kappa shape index (κ3) is 4.84. The van der Waals surface area contributed by atoms with Crippen molar-refractivity contribution >= 4 is 113 Å². The zero-order valence-corrected chi connectivity index (χ0v) is 39.0. The van der Waals surface area contributed by atoms with Gasteiger partial charge in [-0.2, -0.15) is 0 Å². The van der Waals surface area contributed by atoms with Gasteiger partial charge >= 0.3 is 0 Å². The maximum atomic E-state index is 2.68. The Kier molecular flexibility index (Phi) is 7.55. The van der Waals surface area contributed by atoms with Crippen molar-refractivity contribution in [3.05, 3.63) is 205 Å². The molecule has 12 aromatic rings. The molecule has 0 bridgehead atoms. The Labute approximate surface area is 403 Å². The van der Waals surface area contributed by atoms with Crippen LogP contribution in [0.3, 0.4) is 0 Å². The number of aromatic nitrogens is 2. The Bertz CT molecular complexity index is 3970. The van der Waals surface area contributed by atoms with Crippen LogP contribution in [0.4, 0.5) is 0 Å². The van der Waals surface area contributed by atoms with Crippen molar-refractivity contribution in [2.24, 2.45) is 0 Å². The average molecular weight is 897 g/mol. The molecule has 2 nitrogen and oxygen atoms in total. The molecule has 0 atom stereocenters. The number of aryl methyl sites for hydroxylation is 2. The van der Waals surface area contributed by atoms with E-state index in [1.54, 1.807) is 0 Å². The molecule has 0 spiro atoms. The van der Waals surface area contributed by atoms with Crippen molar-refractivity contribution in [3.8, 4) is 44.8 Å². The highest BCUT2D eigenvalue weighted by Gasteiger charge is 2.46. The van der Waals surface area contributed by atoms with Crippen LogP contribution < -0.4 is 32.8 Å². The van der Waals surface area contributed by atoms with E-state index in [2.05, 4.69) is 217 Å². The van der Waals surface area contributed by atoms with Gasteiger partial charge in [-0.1, -0.05) is 203 Å². The maximum Gasteiger partial charge on any atom is 0.249 e. The molecular formula is C62H38B2N2S2. The molecule has 6 heterocycles. The molecular weight excluding hydrogens is 858 g/mol. The fraction of sp³-hybridized carbons (Fsp3) is 0.0323. The molecule has 0 amide bonds. The van der Waals surface area contributed by atoms with Crippen molar-refractivity contribution in [1.82, 2.24) is 9.13 Å². The lowest BCUT2D eigenvalue weighted by Gasteiger charge is -2.38. The quantitative estimate of drug-likeness (QED) is 0.164. The number of rotatable bonds is 3. The molecule has 0 aliphatic carbocycles. The third-order valence-corrected chi connectivity index (χ3v) is 18.0. The summed E-state index contributed by atoms with van der Waals surface area (Å²) in [5.74, 6) is 0. The Morgan fingerprint density at radius 1 is 0.382 bits per heavy atom. The van der Waals surface area contributed by atoms with Crippen LogP contribution in [0.2, 0.25) is 0 Å². The minimum absolute atomic E-state index is 0.0391.